The molecule has 0 atom stereocenters. The van der Waals surface area contributed by atoms with E-state index in [9.17, 15) is 9.59 Å². The summed E-state index contributed by atoms with van der Waals surface area (Å²) in [6, 6.07) is 10.3. The van der Waals surface area contributed by atoms with Crippen molar-refractivity contribution in [1.82, 2.24) is 5.32 Å². The number of benzene rings is 1. The molecule has 5 nitrogen and oxygen atoms in total. The van der Waals surface area contributed by atoms with E-state index >= 15 is 0 Å². The largest absolute Gasteiger partial charge is 0.459 e. The van der Waals surface area contributed by atoms with Gasteiger partial charge in [0.05, 0.1) is 6.26 Å². The molecule has 22 heavy (non-hydrogen) atoms. The van der Waals surface area contributed by atoms with Gasteiger partial charge in [-0.05, 0) is 36.8 Å². The predicted octanol–water partition coefficient (Wildman–Crippen LogP) is 2.41. The fourth-order valence-electron chi connectivity index (χ4n) is 1.86. The number of carbonyl (C=O) groups is 2. The van der Waals surface area contributed by atoms with Gasteiger partial charge in [-0.2, -0.15) is 0 Å². The van der Waals surface area contributed by atoms with Crippen LogP contribution in [0.4, 0.5) is 5.69 Å². The highest BCUT2D eigenvalue weighted by Crippen LogP contribution is 2.10. The average Bonchev–Trinajstić information content (AvgIpc) is 3.06. The SMILES string of the molecule is C#Cc1cccc(NC(=O)CCCNC(=O)c2ccco2)c1. The zero-order chi connectivity index (χ0) is 15.8. The van der Waals surface area contributed by atoms with Crippen LogP contribution >= 0.6 is 0 Å². The van der Waals surface area contributed by atoms with Gasteiger partial charge in [0.1, 0.15) is 0 Å². The molecule has 0 aliphatic rings. The minimum atomic E-state index is -0.285. The lowest BCUT2D eigenvalue weighted by Crippen LogP contribution is -2.25. The van der Waals surface area contributed by atoms with Crippen molar-refractivity contribution in [1.29, 1.82) is 0 Å². The van der Waals surface area contributed by atoms with E-state index in [0.717, 1.165) is 0 Å². The van der Waals surface area contributed by atoms with Gasteiger partial charge in [0, 0.05) is 24.2 Å². The zero-order valence-corrected chi connectivity index (χ0v) is 12.0. The molecule has 2 amide bonds. The van der Waals surface area contributed by atoms with Crippen LogP contribution < -0.4 is 10.6 Å². The third-order valence-electron chi connectivity index (χ3n) is 2.92. The van der Waals surface area contributed by atoms with Crippen molar-refractivity contribution in [3.05, 3.63) is 54.0 Å². The molecule has 5 heteroatoms. The number of nitrogens with one attached hydrogen (secondary N) is 2. The summed E-state index contributed by atoms with van der Waals surface area (Å²) in [5.74, 6) is 2.36. The molecule has 0 fully saturated rings. The Hall–Kier alpha value is -3.00. The maximum absolute atomic E-state index is 11.8. The number of anilines is 1. The van der Waals surface area contributed by atoms with E-state index in [1.54, 1.807) is 36.4 Å². The molecule has 0 saturated carbocycles. The second-order valence-corrected chi connectivity index (χ2v) is 4.61. The van der Waals surface area contributed by atoms with Gasteiger partial charge in [0.25, 0.3) is 5.91 Å². The molecule has 0 radical (unpaired) electrons. The Balaban J connectivity index is 1.70. The third-order valence-corrected chi connectivity index (χ3v) is 2.92. The lowest BCUT2D eigenvalue weighted by Gasteiger charge is -2.06. The molecular weight excluding hydrogens is 280 g/mol. The lowest BCUT2D eigenvalue weighted by atomic mass is 10.2. The fraction of sp³-hybridized carbons (Fsp3) is 0.176. The fourth-order valence-corrected chi connectivity index (χ4v) is 1.86. The molecule has 0 aliphatic carbocycles. The Labute approximate surface area is 128 Å². The molecule has 0 saturated heterocycles. The Morgan fingerprint density at radius 2 is 2.09 bits per heavy atom. The van der Waals surface area contributed by atoms with Gasteiger partial charge in [-0.25, -0.2) is 0 Å². The van der Waals surface area contributed by atoms with E-state index in [1.807, 2.05) is 0 Å². The van der Waals surface area contributed by atoms with Crippen molar-refractivity contribution in [2.45, 2.75) is 12.8 Å². The number of hydrogen-bond donors (Lipinski definition) is 2. The maximum Gasteiger partial charge on any atom is 0.286 e. The van der Waals surface area contributed by atoms with E-state index in [4.69, 9.17) is 10.8 Å². The highest BCUT2D eigenvalue weighted by molar-refractivity contribution is 5.92. The van der Waals surface area contributed by atoms with E-state index in [2.05, 4.69) is 16.6 Å². The summed E-state index contributed by atoms with van der Waals surface area (Å²) >= 11 is 0. The van der Waals surface area contributed by atoms with Crippen molar-refractivity contribution in [3.8, 4) is 12.3 Å². The molecule has 2 rings (SSSR count). The Kier molecular flexibility index (Phi) is 5.38. The molecule has 0 bridgehead atoms. The second kappa shape index (κ2) is 7.70. The van der Waals surface area contributed by atoms with Gasteiger partial charge in [-0.15, -0.1) is 6.42 Å². The van der Waals surface area contributed by atoms with Crippen LogP contribution in [0.25, 0.3) is 0 Å². The summed E-state index contributed by atoms with van der Waals surface area (Å²) in [6.07, 6.45) is 7.58. The van der Waals surface area contributed by atoms with Crippen molar-refractivity contribution in [2.75, 3.05) is 11.9 Å². The van der Waals surface area contributed by atoms with Gasteiger partial charge in [0.15, 0.2) is 5.76 Å². The highest BCUT2D eigenvalue weighted by atomic mass is 16.3. The summed E-state index contributed by atoms with van der Waals surface area (Å²) in [7, 11) is 0. The molecule has 2 aromatic rings. The molecule has 0 unspecified atom stereocenters. The maximum atomic E-state index is 11.8. The molecule has 1 heterocycles. The summed E-state index contributed by atoms with van der Waals surface area (Å²) in [5.41, 5.74) is 1.38. The minimum absolute atomic E-state index is 0.124. The first kappa shape index (κ1) is 15.4. The van der Waals surface area contributed by atoms with Crippen molar-refractivity contribution >= 4 is 17.5 Å². The van der Waals surface area contributed by atoms with Crippen LogP contribution in [0.1, 0.15) is 29.0 Å². The summed E-state index contributed by atoms with van der Waals surface area (Å²) in [6.45, 7) is 0.400. The van der Waals surface area contributed by atoms with Crippen LogP contribution in [0.15, 0.2) is 47.1 Å². The van der Waals surface area contributed by atoms with Crippen LogP contribution in [0.3, 0.4) is 0 Å². The molecule has 1 aromatic carbocycles. The topological polar surface area (TPSA) is 71.3 Å². The lowest BCUT2D eigenvalue weighted by molar-refractivity contribution is -0.116. The van der Waals surface area contributed by atoms with E-state index in [0.29, 0.717) is 30.6 Å². The van der Waals surface area contributed by atoms with Crippen LogP contribution in [0.5, 0.6) is 0 Å². The highest BCUT2D eigenvalue weighted by Gasteiger charge is 2.08. The van der Waals surface area contributed by atoms with Crippen LogP contribution in [-0.2, 0) is 4.79 Å². The zero-order valence-electron chi connectivity index (χ0n) is 12.0. The van der Waals surface area contributed by atoms with Gasteiger partial charge >= 0.3 is 0 Å². The van der Waals surface area contributed by atoms with Crippen molar-refractivity contribution < 1.29 is 14.0 Å². The average molecular weight is 296 g/mol. The number of hydrogen-bond acceptors (Lipinski definition) is 3. The number of rotatable bonds is 6. The van der Waals surface area contributed by atoms with Gasteiger partial charge in [0.2, 0.25) is 5.91 Å². The number of furan rings is 1. The molecule has 2 N–H and O–H groups in total. The van der Waals surface area contributed by atoms with Gasteiger partial charge in [-0.1, -0.05) is 12.0 Å². The molecule has 112 valence electrons. The first-order valence-electron chi connectivity index (χ1n) is 6.87. The first-order valence-corrected chi connectivity index (χ1v) is 6.87. The van der Waals surface area contributed by atoms with Crippen LogP contribution in [-0.4, -0.2) is 18.4 Å². The van der Waals surface area contributed by atoms with Crippen molar-refractivity contribution in [2.24, 2.45) is 0 Å². The Morgan fingerprint density at radius 3 is 2.82 bits per heavy atom. The van der Waals surface area contributed by atoms with Gasteiger partial charge < -0.3 is 15.1 Å². The van der Waals surface area contributed by atoms with E-state index in [-0.39, 0.29) is 17.6 Å². The molecule has 1 aromatic heterocycles. The van der Waals surface area contributed by atoms with Crippen LogP contribution in [0, 0.1) is 12.3 Å². The minimum Gasteiger partial charge on any atom is -0.459 e. The molecule has 0 aliphatic heterocycles. The monoisotopic (exact) mass is 296 g/mol. The smallest absolute Gasteiger partial charge is 0.286 e. The quantitative estimate of drug-likeness (QED) is 0.635. The standard InChI is InChI=1S/C17H16N2O3/c1-2-13-6-3-7-14(12-13)19-16(20)9-4-10-18-17(21)15-8-5-11-22-15/h1,3,5-8,11-12H,4,9-10H2,(H,18,21)(H,19,20). The predicted molar refractivity (Wildman–Crippen MR) is 83.3 cm³/mol. The number of amides is 2. The summed E-state index contributed by atoms with van der Waals surface area (Å²) in [4.78, 5) is 23.4. The second-order valence-electron chi connectivity index (χ2n) is 4.61. The molecule has 0 spiro atoms. The number of terminal acetylenes is 1. The molecular formula is C17H16N2O3. The summed E-state index contributed by atoms with van der Waals surface area (Å²) < 4.78 is 4.97. The first-order chi connectivity index (χ1) is 10.7. The van der Waals surface area contributed by atoms with Gasteiger partial charge in [-0.3, -0.25) is 9.59 Å². The van der Waals surface area contributed by atoms with E-state index in [1.165, 1.54) is 6.26 Å². The van der Waals surface area contributed by atoms with Crippen molar-refractivity contribution in [3.63, 3.8) is 0 Å². The Morgan fingerprint density at radius 1 is 1.23 bits per heavy atom. The van der Waals surface area contributed by atoms with Crippen LogP contribution in [0.2, 0.25) is 0 Å². The van der Waals surface area contributed by atoms with E-state index < -0.39 is 0 Å². The Bertz CT molecular complexity index is 684. The number of carbonyl (C=O) groups excluding carboxylic acids is 2. The summed E-state index contributed by atoms with van der Waals surface area (Å²) in [5, 5.41) is 5.45. The third kappa shape index (κ3) is 4.53. The normalized spacial score (nSPS) is 9.77.